The first kappa shape index (κ1) is 15.1. The summed E-state index contributed by atoms with van der Waals surface area (Å²) in [6, 6.07) is 2.02. The van der Waals surface area contributed by atoms with Crippen LogP contribution in [0.1, 0.15) is 49.0 Å². The second-order valence-corrected chi connectivity index (χ2v) is 6.96. The molecule has 2 aromatic heterocycles. The van der Waals surface area contributed by atoms with Gasteiger partial charge in [-0.1, -0.05) is 25.2 Å². The number of nitrogens with zero attached hydrogens (tertiary/aromatic N) is 5. The van der Waals surface area contributed by atoms with Gasteiger partial charge in [0.1, 0.15) is 5.01 Å². The third kappa shape index (κ3) is 3.52. The molecule has 0 atom stereocenters. The Balaban J connectivity index is 1.68. The van der Waals surface area contributed by atoms with Gasteiger partial charge in [0, 0.05) is 24.7 Å². The van der Waals surface area contributed by atoms with Crippen molar-refractivity contribution >= 4 is 22.4 Å². The normalized spacial score (nSPS) is 14.8. The summed E-state index contributed by atoms with van der Waals surface area (Å²) in [6.07, 6.45) is 2.46. The molecule has 1 N–H and O–H groups in total. The predicted molar refractivity (Wildman–Crippen MR) is 89.5 cm³/mol. The number of anilines is 2. The fourth-order valence-corrected chi connectivity index (χ4v) is 3.21. The van der Waals surface area contributed by atoms with E-state index in [1.807, 2.05) is 13.0 Å². The van der Waals surface area contributed by atoms with E-state index in [0.717, 1.165) is 40.6 Å². The topological polar surface area (TPSA) is 66.8 Å². The zero-order valence-electron chi connectivity index (χ0n) is 13.3. The summed E-state index contributed by atoms with van der Waals surface area (Å²) in [4.78, 5) is 11.5. The van der Waals surface area contributed by atoms with E-state index in [-0.39, 0.29) is 0 Å². The highest BCUT2D eigenvalue weighted by molar-refractivity contribution is 7.15. The van der Waals surface area contributed by atoms with E-state index in [4.69, 9.17) is 0 Å². The number of aromatic nitrogens is 4. The molecule has 0 aliphatic carbocycles. The summed E-state index contributed by atoms with van der Waals surface area (Å²) >= 11 is 1.61. The lowest BCUT2D eigenvalue weighted by Crippen LogP contribution is -2.21. The molecule has 7 heteroatoms. The zero-order chi connectivity index (χ0) is 15.5. The van der Waals surface area contributed by atoms with Gasteiger partial charge in [-0.3, -0.25) is 0 Å². The molecule has 1 aliphatic rings. The van der Waals surface area contributed by atoms with Crippen LogP contribution in [0.5, 0.6) is 0 Å². The molecular weight excluding hydrogens is 296 g/mol. The molecule has 0 radical (unpaired) electrons. The first-order chi connectivity index (χ1) is 10.6. The van der Waals surface area contributed by atoms with Crippen molar-refractivity contribution in [3.63, 3.8) is 0 Å². The Hall–Kier alpha value is -1.76. The number of nitrogens with one attached hydrogen (secondary N) is 1. The van der Waals surface area contributed by atoms with Crippen LogP contribution in [0.25, 0.3) is 0 Å². The Morgan fingerprint density at radius 2 is 2.00 bits per heavy atom. The molecule has 0 spiro atoms. The van der Waals surface area contributed by atoms with E-state index >= 15 is 0 Å². The van der Waals surface area contributed by atoms with Crippen LogP contribution in [0.3, 0.4) is 0 Å². The molecule has 0 bridgehead atoms. The van der Waals surface area contributed by atoms with Gasteiger partial charge in [0.15, 0.2) is 0 Å². The van der Waals surface area contributed by atoms with Crippen molar-refractivity contribution in [2.24, 2.45) is 0 Å². The maximum atomic E-state index is 4.68. The van der Waals surface area contributed by atoms with Gasteiger partial charge < -0.3 is 10.2 Å². The van der Waals surface area contributed by atoms with E-state index in [0.29, 0.717) is 12.5 Å². The fourth-order valence-electron chi connectivity index (χ4n) is 2.47. The molecule has 3 heterocycles. The Morgan fingerprint density at radius 3 is 2.68 bits per heavy atom. The van der Waals surface area contributed by atoms with Gasteiger partial charge in [-0.15, -0.1) is 10.2 Å². The quantitative estimate of drug-likeness (QED) is 0.914. The van der Waals surface area contributed by atoms with Crippen molar-refractivity contribution < 1.29 is 0 Å². The smallest absolute Gasteiger partial charge is 0.225 e. The van der Waals surface area contributed by atoms with Crippen molar-refractivity contribution in [3.05, 3.63) is 22.5 Å². The molecule has 0 saturated carbocycles. The molecule has 22 heavy (non-hydrogen) atoms. The summed E-state index contributed by atoms with van der Waals surface area (Å²) in [5.74, 6) is 1.27. The summed E-state index contributed by atoms with van der Waals surface area (Å²) in [7, 11) is 0. The van der Waals surface area contributed by atoms with Crippen LogP contribution in [0.4, 0.5) is 11.1 Å². The van der Waals surface area contributed by atoms with E-state index in [1.165, 1.54) is 12.8 Å². The number of hydrogen-bond acceptors (Lipinski definition) is 7. The minimum Gasteiger partial charge on any atom is -0.354 e. The van der Waals surface area contributed by atoms with Crippen LogP contribution in [-0.2, 0) is 6.54 Å². The molecule has 1 aliphatic heterocycles. The third-order valence-corrected chi connectivity index (χ3v) is 4.82. The zero-order valence-corrected chi connectivity index (χ0v) is 14.2. The minimum absolute atomic E-state index is 0.413. The van der Waals surface area contributed by atoms with Crippen molar-refractivity contribution in [2.75, 3.05) is 23.3 Å². The maximum Gasteiger partial charge on any atom is 0.225 e. The molecular formula is C15H22N6S. The summed E-state index contributed by atoms with van der Waals surface area (Å²) in [5.41, 5.74) is 2.00. The molecule has 118 valence electrons. The lowest BCUT2D eigenvalue weighted by molar-refractivity contribution is 0.824. The third-order valence-electron chi connectivity index (χ3n) is 3.64. The standard InChI is InChI=1S/C15H22N6S/c1-10(2)13-19-20-15(22-13)16-9-12-8-11(3)17-14(18-12)21-6-4-5-7-21/h8,10H,4-7,9H2,1-3H3,(H,16,20). The van der Waals surface area contributed by atoms with Crippen LogP contribution >= 0.6 is 11.3 Å². The second-order valence-electron chi connectivity index (χ2n) is 5.95. The Kier molecular flexibility index (Phi) is 4.52. The summed E-state index contributed by atoms with van der Waals surface area (Å²) in [6.45, 7) is 9.04. The largest absolute Gasteiger partial charge is 0.354 e. The van der Waals surface area contributed by atoms with Crippen molar-refractivity contribution in [3.8, 4) is 0 Å². The monoisotopic (exact) mass is 318 g/mol. The molecule has 0 aromatic carbocycles. The van der Waals surface area contributed by atoms with Crippen LogP contribution in [0.15, 0.2) is 6.07 Å². The number of rotatable bonds is 5. The summed E-state index contributed by atoms with van der Waals surface area (Å²) < 4.78 is 0. The van der Waals surface area contributed by atoms with Crippen molar-refractivity contribution in [1.82, 2.24) is 20.2 Å². The Labute approximate surface area is 135 Å². The van der Waals surface area contributed by atoms with E-state index in [9.17, 15) is 0 Å². The second kappa shape index (κ2) is 6.56. The Bertz CT molecular complexity index is 633. The van der Waals surface area contributed by atoms with Crippen LogP contribution in [0.2, 0.25) is 0 Å². The highest BCUT2D eigenvalue weighted by atomic mass is 32.1. The van der Waals surface area contributed by atoms with Gasteiger partial charge in [0.25, 0.3) is 0 Å². The molecule has 0 unspecified atom stereocenters. The maximum absolute atomic E-state index is 4.68. The van der Waals surface area contributed by atoms with Crippen LogP contribution in [0, 0.1) is 6.92 Å². The molecule has 1 fully saturated rings. The predicted octanol–water partition coefficient (Wildman–Crippen LogP) is 2.97. The molecule has 2 aromatic rings. The lowest BCUT2D eigenvalue weighted by Gasteiger charge is -2.16. The first-order valence-corrected chi connectivity index (χ1v) is 8.60. The van der Waals surface area contributed by atoms with Gasteiger partial charge in [-0.2, -0.15) is 0 Å². The number of hydrogen-bond donors (Lipinski definition) is 1. The van der Waals surface area contributed by atoms with Crippen LogP contribution < -0.4 is 10.2 Å². The van der Waals surface area contributed by atoms with E-state index < -0.39 is 0 Å². The fraction of sp³-hybridized carbons (Fsp3) is 0.600. The van der Waals surface area contributed by atoms with Crippen molar-refractivity contribution in [2.45, 2.75) is 46.1 Å². The number of aryl methyl sites for hydroxylation is 1. The van der Waals surface area contributed by atoms with Crippen LogP contribution in [-0.4, -0.2) is 33.3 Å². The van der Waals surface area contributed by atoms with Gasteiger partial charge in [-0.25, -0.2) is 9.97 Å². The highest BCUT2D eigenvalue weighted by Crippen LogP contribution is 2.23. The first-order valence-electron chi connectivity index (χ1n) is 7.78. The van der Waals surface area contributed by atoms with E-state index in [2.05, 4.69) is 44.2 Å². The molecule has 0 amide bonds. The average Bonchev–Trinajstić information content (AvgIpc) is 3.16. The SMILES string of the molecule is Cc1cc(CNc2nnc(C(C)C)s2)nc(N2CCCC2)n1. The summed E-state index contributed by atoms with van der Waals surface area (Å²) in [5, 5.41) is 13.6. The molecule has 1 saturated heterocycles. The van der Waals surface area contributed by atoms with Crippen molar-refractivity contribution in [1.29, 1.82) is 0 Å². The molecule has 3 rings (SSSR count). The lowest BCUT2D eigenvalue weighted by atomic mass is 10.2. The van der Waals surface area contributed by atoms with Gasteiger partial charge in [0.2, 0.25) is 11.1 Å². The molecule has 6 nitrogen and oxygen atoms in total. The minimum atomic E-state index is 0.413. The van der Waals surface area contributed by atoms with Gasteiger partial charge in [-0.05, 0) is 25.8 Å². The Morgan fingerprint density at radius 1 is 1.23 bits per heavy atom. The average molecular weight is 318 g/mol. The van der Waals surface area contributed by atoms with Gasteiger partial charge in [0.05, 0.1) is 12.2 Å². The van der Waals surface area contributed by atoms with Gasteiger partial charge >= 0.3 is 0 Å². The van der Waals surface area contributed by atoms with E-state index in [1.54, 1.807) is 11.3 Å². The highest BCUT2D eigenvalue weighted by Gasteiger charge is 2.16.